The second-order valence-corrected chi connectivity index (χ2v) is 6.08. The second kappa shape index (κ2) is 5.46. The zero-order valence-electron chi connectivity index (χ0n) is 12.9. The highest BCUT2D eigenvalue weighted by atomic mass is 14.3. The van der Waals surface area contributed by atoms with Crippen molar-refractivity contribution in [3.63, 3.8) is 0 Å². The predicted molar refractivity (Wildman–Crippen MR) is 95.0 cm³/mol. The minimum atomic E-state index is 0.455. The smallest absolute Gasteiger partial charge is 0.0136 e. The Hall–Kier alpha value is -2.34. The minimum Gasteiger partial charge on any atom is -0.0836 e. The fourth-order valence-corrected chi connectivity index (χ4v) is 3.62. The van der Waals surface area contributed by atoms with Gasteiger partial charge in [-0.2, -0.15) is 0 Å². The van der Waals surface area contributed by atoms with Crippen molar-refractivity contribution in [2.45, 2.75) is 25.7 Å². The van der Waals surface area contributed by atoms with Crippen LogP contribution in [0.2, 0.25) is 0 Å². The zero-order valence-corrected chi connectivity index (χ0v) is 12.9. The van der Waals surface area contributed by atoms with Crippen LogP contribution in [0.15, 0.2) is 89.6 Å². The molecule has 0 heterocycles. The molecule has 0 N–H and O–H groups in total. The standard InChI is InChI=1S/C22H20/c1-2-16-14-18-9-4-6-12-21(22(18)15-16)20-13-7-10-17-8-3-5-11-19(17)20/h3-11,13-15,21H,2,12H2,1H3. The summed E-state index contributed by atoms with van der Waals surface area (Å²) < 4.78 is 0. The van der Waals surface area contributed by atoms with Crippen LogP contribution in [-0.2, 0) is 0 Å². The van der Waals surface area contributed by atoms with Crippen molar-refractivity contribution in [1.82, 2.24) is 0 Å². The fraction of sp³-hybridized carbons (Fsp3) is 0.182. The Morgan fingerprint density at radius 2 is 1.86 bits per heavy atom. The molecular formula is C22H20. The first-order valence-electron chi connectivity index (χ1n) is 8.14. The molecule has 1 unspecified atom stereocenters. The third kappa shape index (κ3) is 2.16. The first-order chi connectivity index (χ1) is 10.9. The molecule has 0 aliphatic heterocycles. The molecule has 0 spiro atoms. The summed E-state index contributed by atoms with van der Waals surface area (Å²) in [6.45, 7) is 2.23. The molecule has 4 rings (SSSR count). The van der Waals surface area contributed by atoms with Crippen LogP contribution in [0, 0.1) is 0 Å². The first-order valence-corrected chi connectivity index (χ1v) is 8.14. The summed E-state index contributed by atoms with van der Waals surface area (Å²) in [5.41, 5.74) is 5.77. The molecule has 0 saturated carbocycles. The second-order valence-electron chi connectivity index (χ2n) is 6.08. The van der Waals surface area contributed by atoms with Gasteiger partial charge >= 0.3 is 0 Å². The van der Waals surface area contributed by atoms with E-state index in [9.17, 15) is 0 Å². The molecule has 0 bridgehead atoms. The van der Waals surface area contributed by atoms with Gasteiger partial charge in [0.2, 0.25) is 0 Å². The van der Waals surface area contributed by atoms with Crippen molar-refractivity contribution in [2.24, 2.45) is 0 Å². The van der Waals surface area contributed by atoms with Crippen molar-refractivity contribution >= 4 is 10.8 Å². The van der Waals surface area contributed by atoms with E-state index in [0.717, 1.165) is 12.8 Å². The van der Waals surface area contributed by atoms with Gasteiger partial charge in [-0.25, -0.2) is 0 Å². The molecule has 0 saturated heterocycles. The Balaban J connectivity index is 1.88. The van der Waals surface area contributed by atoms with Gasteiger partial charge in [0.1, 0.15) is 0 Å². The molecule has 108 valence electrons. The van der Waals surface area contributed by atoms with Gasteiger partial charge in [-0.3, -0.25) is 0 Å². The Bertz CT molecular complexity index is 838. The molecule has 0 fully saturated rings. The van der Waals surface area contributed by atoms with Crippen molar-refractivity contribution < 1.29 is 0 Å². The number of hydrogen-bond donors (Lipinski definition) is 0. The summed E-state index contributed by atoms with van der Waals surface area (Å²) in [7, 11) is 0. The van der Waals surface area contributed by atoms with Gasteiger partial charge in [-0.1, -0.05) is 79.8 Å². The van der Waals surface area contributed by atoms with E-state index >= 15 is 0 Å². The average Bonchev–Trinajstić information content (AvgIpc) is 2.88. The molecule has 2 aliphatic carbocycles. The van der Waals surface area contributed by atoms with Crippen LogP contribution in [0.4, 0.5) is 0 Å². The normalized spacial score (nSPS) is 20.2. The Morgan fingerprint density at radius 3 is 2.77 bits per heavy atom. The maximum Gasteiger partial charge on any atom is 0.0136 e. The molecule has 0 radical (unpaired) electrons. The highest BCUT2D eigenvalue weighted by Crippen LogP contribution is 2.42. The van der Waals surface area contributed by atoms with Crippen LogP contribution in [0.3, 0.4) is 0 Å². The predicted octanol–water partition coefficient (Wildman–Crippen LogP) is 6.09. The van der Waals surface area contributed by atoms with Crippen LogP contribution in [0.1, 0.15) is 31.2 Å². The van der Waals surface area contributed by atoms with Crippen LogP contribution in [-0.4, -0.2) is 0 Å². The maximum atomic E-state index is 2.41. The first kappa shape index (κ1) is 13.3. The van der Waals surface area contributed by atoms with E-state index in [4.69, 9.17) is 0 Å². The summed E-state index contributed by atoms with van der Waals surface area (Å²) in [6, 6.07) is 15.4. The van der Waals surface area contributed by atoms with E-state index in [0.29, 0.717) is 5.92 Å². The summed E-state index contributed by atoms with van der Waals surface area (Å²) in [5, 5.41) is 2.72. The molecular weight excluding hydrogens is 264 g/mol. The van der Waals surface area contributed by atoms with Gasteiger partial charge in [0.25, 0.3) is 0 Å². The molecule has 0 heteroatoms. The number of fused-ring (bicyclic) bond motifs is 2. The summed E-state index contributed by atoms with van der Waals surface area (Å²) in [4.78, 5) is 0. The van der Waals surface area contributed by atoms with Crippen LogP contribution >= 0.6 is 0 Å². The SMILES string of the molecule is CCC1=CC2=CC=CCC(c3cccc4ccccc34)C2=C1. The topological polar surface area (TPSA) is 0 Å². The van der Waals surface area contributed by atoms with Crippen molar-refractivity contribution in [3.05, 3.63) is 95.1 Å². The summed E-state index contributed by atoms with van der Waals surface area (Å²) >= 11 is 0. The Kier molecular flexibility index (Phi) is 3.31. The lowest BCUT2D eigenvalue weighted by Gasteiger charge is -2.20. The fourth-order valence-electron chi connectivity index (χ4n) is 3.62. The third-order valence-corrected chi connectivity index (χ3v) is 4.78. The van der Waals surface area contributed by atoms with Crippen LogP contribution < -0.4 is 0 Å². The Labute approximate surface area is 132 Å². The van der Waals surface area contributed by atoms with E-state index in [2.05, 4.69) is 79.8 Å². The van der Waals surface area contributed by atoms with E-state index in [-0.39, 0.29) is 0 Å². The van der Waals surface area contributed by atoms with Gasteiger partial charge in [-0.05, 0) is 45.9 Å². The van der Waals surface area contributed by atoms with Gasteiger partial charge in [-0.15, -0.1) is 0 Å². The summed E-state index contributed by atoms with van der Waals surface area (Å²) in [5.74, 6) is 0.455. The maximum absolute atomic E-state index is 2.41. The number of benzene rings is 2. The molecule has 0 nitrogen and oxygen atoms in total. The third-order valence-electron chi connectivity index (χ3n) is 4.78. The largest absolute Gasteiger partial charge is 0.0836 e. The lowest BCUT2D eigenvalue weighted by atomic mass is 9.84. The van der Waals surface area contributed by atoms with E-state index in [1.807, 2.05) is 0 Å². The molecule has 2 aromatic rings. The lowest BCUT2D eigenvalue weighted by molar-refractivity contribution is 0.835. The molecule has 22 heavy (non-hydrogen) atoms. The van der Waals surface area contributed by atoms with E-state index < -0.39 is 0 Å². The van der Waals surface area contributed by atoms with E-state index in [1.165, 1.54) is 33.1 Å². The Morgan fingerprint density at radius 1 is 1.00 bits per heavy atom. The van der Waals surface area contributed by atoms with E-state index in [1.54, 1.807) is 0 Å². The zero-order chi connectivity index (χ0) is 14.9. The van der Waals surface area contributed by atoms with Gasteiger partial charge in [0, 0.05) is 5.92 Å². The quantitative estimate of drug-likeness (QED) is 0.626. The lowest BCUT2D eigenvalue weighted by Crippen LogP contribution is -2.02. The number of rotatable bonds is 2. The highest BCUT2D eigenvalue weighted by Gasteiger charge is 2.24. The van der Waals surface area contributed by atoms with Crippen molar-refractivity contribution in [1.29, 1.82) is 0 Å². The van der Waals surface area contributed by atoms with Crippen LogP contribution in [0.25, 0.3) is 10.8 Å². The molecule has 1 atom stereocenters. The summed E-state index contributed by atoms with van der Waals surface area (Å²) in [6.07, 6.45) is 13.7. The number of hydrogen-bond acceptors (Lipinski definition) is 0. The number of allylic oxidation sites excluding steroid dienone is 8. The molecule has 0 amide bonds. The van der Waals surface area contributed by atoms with Crippen molar-refractivity contribution in [2.75, 3.05) is 0 Å². The molecule has 2 aromatic carbocycles. The highest BCUT2D eigenvalue weighted by molar-refractivity contribution is 5.87. The van der Waals surface area contributed by atoms with Gasteiger partial charge < -0.3 is 0 Å². The monoisotopic (exact) mass is 284 g/mol. The minimum absolute atomic E-state index is 0.455. The molecule has 0 aromatic heterocycles. The van der Waals surface area contributed by atoms with Crippen molar-refractivity contribution in [3.8, 4) is 0 Å². The van der Waals surface area contributed by atoms with Crippen LogP contribution in [0.5, 0.6) is 0 Å². The average molecular weight is 284 g/mol. The van der Waals surface area contributed by atoms with Gasteiger partial charge in [0.05, 0.1) is 0 Å². The molecule has 2 aliphatic rings. The van der Waals surface area contributed by atoms with Gasteiger partial charge in [0.15, 0.2) is 0 Å².